The summed E-state index contributed by atoms with van der Waals surface area (Å²) in [5.41, 5.74) is 1.23. The van der Waals surface area contributed by atoms with Crippen LogP contribution in [0.15, 0.2) is 58.1 Å². The average Bonchev–Trinajstić information content (AvgIpc) is 3.50. The minimum Gasteiger partial charge on any atom is -0.469 e. The summed E-state index contributed by atoms with van der Waals surface area (Å²) in [6.07, 6.45) is 7.49. The standard InChI is InChI=1S/C25H35N3O3.HI/c1-2-7-21(8-3-1)19-29-20-22-12-14-28(18-22)25(26-13-11-23-10-6-16-30-23)27-17-24-9-4-5-15-31-24;/h1-3,6-8,10,16,22,24H,4-5,9,11-15,17-20H2,(H,26,27);1H. The quantitative estimate of drug-likeness (QED) is 0.282. The van der Waals surface area contributed by atoms with Gasteiger partial charge < -0.3 is 24.1 Å². The third kappa shape index (κ3) is 8.08. The molecule has 1 aromatic carbocycles. The van der Waals surface area contributed by atoms with E-state index in [0.29, 0.717) is 12.5 Å². The highest BCUT2D eigenvalue weighted by molar-refractivity contribution is 14.0. The first kappa shape index (κ1) is 25.1. The minimum absolute atomic E-state index is 0. The lowest BCUT2D eigenvalue weighted by atomic mass is 10.1. The summed E-state index contributed by atoms with van der Waals surface area (Å²) in [6, 6.07) is 14.3. The van der Waals surface area contributed by atoms with E-state index >= 15 is 0 Å². The van der Waals surface area contributed by atoms with Gasteiger partial charge in [-0.05, 0) is 43.4 Å². The van der Waals surface area contributed by atoms with Gasteiger partial charge >= 0.3 is 0 Å². The first-order chi connectivity index (χ1) is 15.4. The summed E-state index contributed by atoms with van der Waals surface area (Å²) in [5, 5.41) is 3.56. The van der Waals surface area contributed by atoms with Gasteiger partial charge in [-0.2, -0.15) is 0 Å². The molecule has 0 radical (unpaired) electrons. The molecule has 1 aromatic heterocycles. The van der Waals surface area contributed by atoms with Crippen LogP contribution in [0.2, 0.25) is 0 Å². The Morgan fingerprint density at radius 1 is 1.12 bits per heavy atom. The maximum atomic E-state index is 6.00. The number of nitrogens with zero attached hydrogens (tertiary/aromatic N) is 2. The fourth-order valence-electron chi connectivity index (χ4n) is 4.24. The van der Waals surface area contributed by atoms with Crippen LogP contribution in [0.1, 0.15) is 37.0 Å². The average molecular weight is 553 g/mol. The lowest BCUT2D eigenvalue weighted by Crippen LogP contribution is -2.42. The zero-order chi connectivity index (χ0) is 21.1. The monoisotopic (exact) mass is 553 g/mol. The van der Waals surface area contributed by atoms with Crippen LogP contribution >= 0.6 is 24.0 Å². The van der Waals surface area contributed by atoms with Gasteiger partial charge in [-0.15, -0.1) is 24.0 Å². The summed E-state index contributed by atoms with van der Waals surface area (Å²) in [5.74, 6) is 2.52. The van der Waals surface area contributed by atoms with Gasteiger partial charge in [-0.3, -0.25) is 4.99 Å². The maximum Gasteiger partial charge on any atom is 0.194 e. The summed E-state index contributed by atoms with van der Waals surface area (Å²) < 4.78 is 17.3. The zero-order valence-electron chi connectivity index (χ0n) is 18.8. The Morgan fingerprint density at radius 2 is 2.03 bits per heavy atom. The third-order valence-electron chi connectivity index (χ3n) is 6.00. The van der Waals surface area contributed by atoms with Crippen LogP contribution in [0.4, 0.5) is 0 Å². The Kier molecular flexibility index (Phi) is 10.8. The van der Waals surface area contributed by atoms with Gasteiger partial charge in [0.25, 0.3) is 0 Å². The predicted molar refractivity (Wildman–Crippen MR) is 138 cm³/mol. The van der Waals surface area contributed by atoms with E-state index in [-0.39, 0.29) is 30.1 Å². The molecule has 2 fully saturated rings. The Balaban J connectivity index is 0.00000289. The van der Waals surface area contributed by atoms with Crippen LogP contribution < -0.4 is 5.32 Å². The SMILES string of the molecule is I.c1ccc(COCC2CCN(C(=NCC3CCCCO3)NCCc3ccco3)C2)cc1. The third-order valence-corrected chi connectivity index (χ3v) is 6.00. The van der Waals surface area contributed by atoms with E-state index in [1.807, 2.05) is 18.2 Å². The highest BCUT2D eigenvalue weighted by Gasteiger charge is 2.25. The second-order valence-electron chi connectivity index (χ2n) is 8.51. The van der Waals surface area contributed by atoms with Gasteiger partial charge in [0.05, 0.1) is 32.1 Å². The summed E-state index contributed by atoms with van der Waals surface area (Å²) in [4.78, 5) is 7.32. The van der Waals surface area contributed by atoms with Crippen molar-refractivity contribution in [3.05, 3.63) is 60.1 Å². The second kappa shape index (κ2) is 13.9. The molecule has 0 bridgehead atoms. The lowest BCUT2D eigenvalue weighted by molar-refractivity contribution is 0.0223. The highest BCUT2D eigenvalue weighted by atomic mass is 127. The van der Waals surface area contributed by atoms with Crippen LogP contribution in [0.5, 0.6) is 0 Å². The van der Waals surface area contributed by atoms with Crippen molar-refractivity contribution in [2.75, 3.05) is 39.4 Å². The van der Waals surface area contributed by atoms with Crippen molar-refractivity contribution in [3.8, 4) is 0 Å². The second-order valence-corrected chi connectivity index (χ2v) is 8.51. The molecule has 0 spiro atoms. The molecule has 2 unspecified atom stereocenters. The molecule has 2 aliphatic heterocycles. The minimum atomic E-state index is 0. The van der Waals surface area contributed by atoms with Crippen molar-refractivity contribution < 1.29 is 13.9 Å². The van der Waals surface area contributed by atoms with E-state index in [1.54, 1.807) is 6.26 Å². The normalized spacial score (nSPS) is 21.4. The Morgan fingerprint density at radius 3 is 2.81 bits per heavy atom. The molecule has 2 atom stereocenters. The topological polar surface area (TPSA) is 59.2 Å². The molecule has 1 N–H and O–H groups in total. The number of rotatable bonds is 9. The molecule has 32 heavy (non-hydrogen) atoms. The van der Waals surface area contributed by atoms with Gasteiger partial charge in [-0.1, -0.05) is 30.3 Å². The molecule has 7 heteroatoms. The molecule has 4 rings (SSSR count). The van der Waals surface area contributed by atoms with Crippen molar-refractivity contribution >= 4 is 29.9 Å². The van der Waals surface area contributed by atoms with Crippen molar-refractivity contribution in [1.82, 2.24) is 10.2 Å². The van der Waals surface area contributed by atoms with Gasteiger partial charge in [0.2, 0.25) is 0 Å². The van der Waals surface area contributed by atoms with Gasteiger partial charge in [0, 0.05) is 38.6 Å². The van der Waals surface area contributed by atoms with Crippen LogP contribution in [0.3, 0.4) is 0 Å². The molecule has 176 valence electrons. The number of ether oxygens (including phenoxy) is 2. The largest absolute Gasteiger partial charge is 0.469 e. The van der Waals surface area contributed by atoms with Crippen molar-refractivity contribution in [2.24, 2.45) is 10.9 Å². The summed E-state index contributed by atoms with van der Waals surface area (Å²) in [7, 11) is 0. The number of nitrogens with one attached hydrogen (secondary N) is 1. The number of likely N-dealkylation sites (tertiary alicyclic amines) is 1. The van der Waals surface area contributed by atoms with Crippen LogP contribution in [-0.4, -0.2) is 56.4 Å². The van der Waals surface area contributed by atoms with E-state index in [9.17, 15) is 0 Å². The zero-order valence-corrected chi connectivity index (χ0v) is 21.1. The Labute approximate surface area is 208 Å². The Hall–Kier alpha value is -1.58. The fraction of sp³-hybridized carbons (Fsp3) is 0.560. The highest BCUT2D eigenvalue weighted by Crippen LogP contribution is 2.18. The molecule has 0 aliphatic carbocycles. The molecule has 6 nitrogen and oxygen atoms in total. The first-order valence-corrected chi connectivity index (χ1v) is 11.7. The fourth-order valence-corrected chi connectivity index (χ4v) is 4.24. The molecular formula is C25H36IN3O3. The molecule has 2 aromatic rings. The van der Waals surface area contributed by atoms with Gasteiger partial charge in [0.15, 0.2) is 5.96 Å². The predicted octanol–water partition coefficient (Wildman–Crippen LogP) is 4.49. The molecule has 2 saturated heterocycles. The Bertz CT molecular complexity index is 779. The number of guanidine groups is 1. The number of benzene rings is 1. The van der Waals surface area contributed by atoms with Crippen LogP contribution in [-0.2, 0) is 22.5 Å². The summed E-state index contributed by atoms with van der Waals surface area (Å²) in [6.45, 7) is 5.87. The number of halogens is 1. The van der Waals surface area contributed by atoms with E-state index in [2.05, 4.69) is 34.5 Å². The van der Waals surface area contributed by atoms with E-state index in [0.717, 1.165) is 70.4 Å². The molecular weight excluding hydrogens is 517 g/mol. The number of hydrogen-bond donors (Lipinski definition) is 1. The van der Waals surface area contributed by atoms with Gasteiger partial charge in [-0.25, -0.2) is 0 Å². The van der Waals surface area contributed by atoms with Crippen LogP contribution in [0, 0.1) is 5.92 Å². The lowest BCUT2D eigenvalue weighted by Gasteiger charge is -2.25. The van der Waals surface area contributed by atoms with E-state index in [1.165, 1.54) is 18.4 Å². The molecule has 2 aliphatic rings. The van der Waals surface area contributed by atoms with E-state index < -0.39 is 0 Å². The molecule has 0 amide bonds. The first-order valence-electron chi connectivity index (χ1n) is 11.7. The van der Waals surface area contributed by atoms with Crippen molar-refractivity contribution in [2.45, 2.75) is 44.8 Å². The maximum absolute atomic E-state index is 6.00. The number of aliphatic imine (C=N–C) groups is 1. The smallest absolute Gasteiger partial charge is 0.194 e. The van der Waals surface area contributed by atoms with E-state index in [4.69, 9.17) is 18.9 Å². The molecule has 3 heterocycles. The van der Waals surface area contributed by atoms with Crippen LogP contribution in [0.25, 0.3) is 0 Å². The molecule has 0 saturated carbocycles. The number of furan rings is 1. The number of hydrogen-bond acceptors (Lipinski definition) is 4. The van der Waals surface area contributed by atoms with Gasteiger partial charge in [0.1, 0.15) is 5.76 Å². The summed E-state index contributed by atoms with van der Waals surface area (Å²) >= 11 is 0. The van der Waals surface area contributed by atoms with Crippen molar-refractivity contribution in [3.63, 3.8) is 0 Å². The van der Waals surface area contributed by atoms with Crippen molar-refractivity contribution in [1.29, 1.82) is 0 Å².